The van der Waals surface area contributed by atoms with Crippen molar-refractivity contribution in [2.75, 3.05) is 31.5 Å². The van der Waals surface area contributed by atoms with Crippen molar-refractivity contribution < 1.29 is 8.42 Å². The van der Waals surface area contributed by atoms with Gasteiger partial charge in [-0.05, 0) is 51.9 Å². The molecule has 1 unspecified atom stereocenters. The van der Waals surface area contributed by atoms with Crippen LogP contribution < -0.4 is 10.0 Å². The third-order valence-electron chi connectivity index (χ3n) is 3.48. The van der Waals surface area contributed by atoms with E-state index in [-0.39, 0.29) is 11.1 Å². The maximum atomic E-state index is 12.5. The number of anilines is 1. The molecular weight excluding hydrogens is 288 g/mol. The predicted molar refractivity (Wildman–Crippen MR) is 83.9 cm³/mol. The Morgan fingerprint density at radius 3 is 2.76 bits per heavy atom. The lowest BCUT2D eigenvalue weighted by Gasteiger charge is -2.21. The lowest BCUT2D eigenvalue weighted by atomic mass is 10.3. The van der Waals surface area contributed by atoms with E-state index in [4.69, 9.17) is 0 Å². The molecule has 1 atom stereocenters. The predicted octanol–water partition coefficient (Wildman–Crippen LogP) is 1.28. The Morgan fingerprint density at radius 1 is 1.38 bits per heavy atom. The standard InChI is InChI=1S/C14H24N4O2S/c1-3-15-13-7-6-8-16-14(13)21(19,20)17-12(2)11-18-9-4-5-10-18/h6-8,12,15,17H,3-5,9-11H2,1-2H3. The first-order chi connectivity index (χ1) is 10.0. The monoisotopic (exact) mass is 312 g/mol. The van der Waals surface area contributed by atoms with Gasteiger partial charge in [-0.1, -0.05) is 0 Å². The molecule has 7 heteroatoms. The van der Waals surface area contributed by atoms with Gasteiger partial charge in [0, 0.05) is 25.3 Å². The zero-order valence-electron chi connectivity index (χ0n) is 12.7. The summed E-state index contributed by atoms with van der Waals surface area (Å²) < 4.78 is 27.7. The van der Waals surface area contributed by atoms with E-state index in [0.29, 0.717) is 12.2 Å². The van der Waals surface area contributed by atoms with Crippen molar-refractivity contribution in [3.8, 4) is 0 Å². The molecule has 0 spiro atoms. The summed E-state index contributed by atoms with van der Waals surface area (Å²) in [6.07, 6.45) is 3.90. The molecule has 6 nitrogen and oxygen atoms in total. The van der Waals surface area contributed by atoms with E-state index >= 15 is 0 Å². The number of likely N-dealkylation sites (tertiary alicyclic amines) is 1. The molecule has 1 aliphatic heterocycles. The maximum absolute atomic E-state index is 12.5. The number of sulfonamides is 1. The average molecular weight is 312 g/mol. The second-order valence-corrected chi connectivity index (χ2v) is 7.05. The van der Waals surface area contributed by atoms with Crippen molar-refractivity contribution in [1.82, 2.24) is 14.6 Å². The first kappa shape index (κ1) is 16.2. The van der Waals surface area contributed by atoms with E-state index in [9.17, 15) is 8.42 Å². The van der Waals surface area contributed by atoms with Crippen LogP contribution in [0.15, 0.2) is 23.4 Å². The minimum Gasteiger partial charge on any atom is -0.383 e. The lowest BCUT2D eigenvalue weighted by molar-refractivity contribution is 0.312. The van der Waals surface area contributed by atoms with Gasteiger partial charge in [-0.25, -0.2) is 18.1 Å². The van der Waals surface area contributed by atoms with Gasteiger partial charge in [-0.2, -0.15) is 0 Å². The summed E-state index contributed by atoms with van der Waals surface area (Å²) in [5.74, 6) is 0. The van der Waals surface area contributed by atoms with Crippen molar-refractivity contribution in [3.05, 3.63) is 18.3 Å². The van der Waals surface area contributed by atoms with Crippen LogP contribution in [0.3, 0.4) is 0 Å². The van der Waals surface area contributed by atoms with E-state index in [1.807, 2.05) is 13.8 Å². The summed E-state index contributed by atoms with van der Waals surface area (Å²) in [6.45, 7) is 7.31. The zero-order chi connectivity index (χ0) is 15.3. The topological polar surface area (TPSA) is 74.3 Å². The molecule has 1 aromatic heterocycles. The molecule has 1 saturated heterocycles. The maximum Gasteiger partial charge on any atom is 0.260 e. The van der Waals surface area contributed by atoms with Crippen LogP contribution in [0.25, 0.3) is 0 Å². The Kier molecular flexibility index (Phi) is 5.55. The van der Waals surface area contributed by atoms with E-state index in [1.165, 1.54) is 19.0 Å². The minimum atomic E-state index is -3.60. The Bertz CT molecular complexity index is 556. The number of hydrogen-bond acceptors (Lipinski definition) is 5. The van der Waals surface area contributed by atoms with Crippen molar-refractivity contribution in [2.45, 2.75) is 37.8 Å². The minimum absolute atomic E-state index is 0.0696. The number of nitrogens with zero attached hydrogens (tertiary/aromatic N) is 2. The highest BCUT2D eigenvalue weighted by Gasteiger charge is 2.24. The molecule has 0 aromatic carbocycles. The fourth-order valence-electron chi connectivity index (χ4n) is 2.64. The van der Waals surface area contributed by atoms with Crippen molar-refractivity contribution in [2.24, 2.45) is 0 Å². The fraction of sp³-hybridized carbons (Fsp3) is 0.643. The average Bonchev–Trinajstić information content (AvgIpc) is 2.91. The van der Waals surface area contributed by atoms with Crippen LogP contribution in [-0.2, 0) is 10.0 Å². The van der Waals surface area contributed by atoms with E-state index in [0.717, 1.165) is 19.6 Å². The third-order valence-corrected chi connectivity index (χ3v) is 5.03. The quantitative estimate of drug-likeness (QED) is 0.793. The summed E-state index contributed by atoms with van der Waals surface area (Å²) in [7, 11) is -3.60. The van der Waals surface area contributed by atoms with E-state index in [1.54, 1.807) is 12.1 Å². The normalized spacial score (nSPS) is 17.8. The van der Waals surface area contributed by atoms with Gasteiger partial charge in [0.05, 0.1) is 5.69 Å². The third kappa shape index (κ3) is 4.39. The largest absolute Gasteiger partial charge is 0.383 e. The second kappa shape index (κ2) is 7.20. The molecule has 0 bridgehead atoms. The first-order valence-electron chi connectivity index (χ1n) is 7.46. The number of hydrogen-bond donors (Lipinski definition) is 2. The van der Waals surface area contributed by atoms with Crippen LogP contribution in [0.1, 0.15) is 26.7 Å². The fourth-order valence-corrected chi connectivity index (χ4v) is 3.99. The lowest BCUT2D eigenvalue weighted by Crippen LogP contribution is -2.41. The van der Waals surface area contributed by atoms with Crippen LogP contribution in [0, 0.1) is 0 Å². The van der Waals surface area contributed by atoms with Gasteiger partial charge in [-0.3, -0.25) is 0 Å². The molecule has 0 saturated carbocycles. The first-order valence-corrected chi connectivity index (χ1v) is 8.95. The van der Waals surface area contributed by atoms with Gasteiger partial charge in [-0.15, -0.1) is 0 Å². The van der Waals surface area contributed by atoms with Gasteiger partial charge in [0.2, 0.25) is 0 Å². The van der Waals surface area contributed by atoms with Crippen LogP contribution >= 0.6 is 0 Å². The molecule has 2 N–H and O–H groups in total. The Morgan fingerprint density at radius 2 is 2.10 bits per heavy atom. The summed E-state index contributed by atoms with van der Waals surface area (Å²) in [6, 6.07) is 3.32. The van der Waals surface area contributed by atoms with Gasteiger partial charge >= 0.3 is 0 Å². The Balaban J connectivity index is 2.06. The Hall–Kier alpha value is -1.18. The molecule has 2 heterocycles. The number of pyridine rings is 1. The second-order valence-electron chi connectivity index (χ2n) is 5.42. The highest BCUT2D eigenvalue weighted by molar-refractivity contribution is 7.89. The molecule has 2 rings (SSSR count). The van der Waals surface area contributed by atoms with Gasteiger partial charge in [0.25, 0.3) is 10.0 Å². The summed E-state index contributed by atoms with van der Waals surface area (Å²) in [4.78, 5) is 6.32. The molecule has 1 aromatic rings. The van der Waals surface area contributed by atoms with E-state index in [2.05, 4.69) is 19.9 Å². The zero-order valence-corrected chi connectivity index (χ0v) is 13.5. The molecule has 0 aliphatic carbocycles. The molecule has 118 valence electrons. The number of aromatic nitrogens is 1. The van der Waals surface area contributed by atoms with Crippen molar-refractivity contribution in [1.29, 1.82) is 0 Å². The summed E-state index contributed by atoms with van der Waals surface area (Å²) >= 11 is 0. The highest BCUT2D eigenvalue weighted by Crippen LogP contribution is 2.18. The van der Waals surface area contributed by atoms with Gasteiger partial charge in [0.1, 0.15) is 0 Å². The van der Waals surface area contributed by atoms with Gasteiger partial charge in [0.15, 0.2) is 5.03 Å². The van der Waals surface area contributed by atoms with E-state index < -0.39 is 10.0 Å². The molecule has 0 radical (unpaired) electrons. The van der Waals surface area contributed by atoms with Gasteiger partial charge < -0.3 is 10.2 Å². The van der Waals surface area contributed by atoms with Crippen LogP contribution in [0.4, 0.5) is 5.69 Å². The summed E-state index contributed by atoms with van der Waals surface area (Å²) in [5.41, 5.74) is 0.542. The van der Waals surface area contributed by atoms with Crippen LogP contribution in [0.2, 0.25) is 0 Å². The number of nitrogens with one attached hydrogen (secondary N) is 2. The van der Waals surface area contributed by atoms with Crippen molar-refractivity contribution >= 4 is 15.7 Å². The summed E-state index contributed by atoms with van der Waals surface area (Å²) in [5, 5.41) is 3.11. The number of rotatable bonds is 7. The molecule has 0 amide bonds. The molecular formula is C14H24N4O2S. The van der Waals surface area contributed by atoms with Crippen LogP contribution in [-0.4, -0.2) is 50.5 Å². The SMILES string of the molecule is CCNc1cccnc1S(=O)(=O)NC(C)CN1CCCC1. The highest BCUT2D eigenvalue weighted by atomic mass is 32.2. The molecule has 21 heavy (non-hydrogen) atoms. The van der Waals surface area contributed by atoms with Crippen LogP contribution in [0.5, 0.6) is 0 Å². The molecule has 1 fully saturated rings. The Labute approximate surface area is 127 Å². The molecule has 1 aliphatic rings. The smallest absolute Gasteiger partial charge is 0.260 e. The van der Waals surface area contributed by atoms with Crippen molar-refractivity contribution in [3.63, 3.8) is 0 Å².